The Morgan fingerprint density at radius 2 is 2.17 bits per heavy atom. The van der Waals surface area contributed by atoms with Gasteiger partial charge in [-0.1, -0.05) is 0 Å². The normalized spacial score (nSPS) is 16.6. The Morgan fingerprint density at radius 1 is 1.44 bits per heavy atom. The predicted octanol–water partition coefficient (Wildman–Crippen LogP) is 0.986. The molecule has 5 nitrogen and oxygen atoms in total. The van der Waals surface area contributed by atoms with E-state index in [9.17, 15) is 9.59 Å². The molecule has 0 bridgehead atoms. The molecule has 0 unspecified atom stereocenters. The van der Waals surface area contributed by atoms with E-state index in [0.717, 1.165) is 38.0 Å². The Morgan fingerprint density at radius 3 is 2.67 bits per heavy atom. The van der Waals surface area contributed by atoms with Crippen LogP contribution in [0.4, 0.5) is 5.82 Å². The summed E-state index contributed by atoms with van der Waals surface area (Å²) in [5, 5.41) is 0. The maximum atomic E-state index is 10.9. The Kier molecular flexibility index (Phi) is 3.92. The summed E-state index contributed by atoms with van der Waals surface area (Å²) in [6.45, 7) is 1.76. The number of hydrogen-bond donors (Lipinski definition) is 1. The molecule has 1 amide bonds. The monoisotopic (exact) mass is 247 g/mol. The molecule has 1 aliphatic rings. The second-order valence-corrected chi connectivity index (χ2v) is 4.67. The molecular weight excluding hydrogens is 230 g/mol. The quantitative estimate of drug-likeness (QED) is 0.805. The number of carbonyl (C=O) groups excluding carboxylic acids is 2. The lowest BCUT2D eigenvalue weighted by molar-refractivity contribution is -0.119. The van der Waals surface area contributed by atoms with Crippen LogP contribution < -0.4 is 10.6 Å². The predicted molar refractivity (Wildman–Crippen MR) is 68.4 cm³/mol. The Balaban J connectivity index is 1.92. The van der Waals surface area contributed by atoms with Crippen molar-refractivity contribution in [2.45, 2.75) is 19.3 Å². The standard InChI is InChI=1S/C13H17N3O2/c14-12(18)7-10-3-5-16(6-4-10)13-2-1-11(9-17)8-15-13/h1-2,8-10H,3-7H2,(H2,14,18). The summed E-state index contributed by atoms with van der Waals surface area (Å²) < 4.78 is 0. The van der Waals surface area contributed by atoms with Gasteiger partial charge in [-0.15, -0.1) is 0 Å². The highest BCUT2D eigenvalue weighted by molar-refractivity contribution is 5.74. The van der Waals surface area contributed by atoms with Crippen LogP contribution in [0.25, 0.3) is 0 Å². The van der Waals surface area contributed by atoms with Crippen LogP contribution in [0.5, 0.6) is 0 Å². The Hall–Kier alpha value is -1.91. The third-order valence-corrected chi connectivity index (χ3v) is 3.34. The van der Waals surface area contributed by atoms with E-state index in [4.69, 9.17) is 5.73 Å². The number of amides is 1. The maximum absolute atomic E-state index is 10.9. The van der Waals surface area contributed by atoms with Gasteiger partial charge in [-0.25, -0.2) is 4.98 Å². The second-order valence-electron chi connectivity index (χ2n) is 4.67. The third kappa shape index (κ3) is 3.06. The van der Waals surface area contributed by atoms with Gasteiger partial charge >= 0.3 is 0 Å². The van der Waals surface area contributed by atoms with Gasteiger partial charge in [-0.3, -0.25) is 9.59 Å². The van der Waals surface area contributed by atoms with Crippen LogP contribution in [0.3, 0.4) is 0 Å². The average Bonchev–Trinajstić information content (AvgIpc) is 2.39. The van der Waals surface area contributed by atoms with Crippen LogP contribution in [0, 0.1) is 5.92 Å². The van der Waals surface area contributed by atoms with Gasteiger partial charge < -0.3 is 10.6 Å². The molecule has 5 heteroatoms. The van der Waals surface area contributed by atoms with Crippen molar-refractivity contribution in [2.75, 3.05) is 18.0 Å². The number of pyridine rings is 1. The van der Waals surface area contributed by atoms with Gasteiger partial charge in [0.25, 0.3) is 0 Å². The van der Waals surface area contributed by atoms with Crippen molar-refractivity contribution in [2.24, 2.45) is 11.7 Å². The third-order valence-electron chi connectivity index (χ3n) is 3.34. The number of hydrogen-bond acceptors (Lipinski definition) is 4. The molecule has 2 heterocycles. The fraction of sp³-hybridized carbons (Fsp3) is 0.462. The van der Waals surface area contributed by atoms with Gasteiger partial charge in [0.1, 0.15) is 5.82 Å². The molecule has 2 rings (SSSR count). The van der Waals surface area contributed by atoms with Crippen LogP contribution in [0.2, 0.25) is 0 Å². The zero-order valence-corrected chi connectivity index (χ0v) is 10.2. The highest BCUT2D eigenvalue weighted by atomic mass is 16.1. The first kappa shape index (κ1) is 12.5. The topological polar surface area (TPSA) is 76.3 Å². The van der Waals surface area contributed by atoms with Gasteiger partial charge in [0.2, 0.25) is 5.91 Å². The molecule has 1 aromatic rings. The molecule has 1 aliphatic heterocycles. The van der Waals surface area contributed by atoms with E-state index in [1.165, 1.54) is 0 Å². The van der Waals surface area contributed by atoms with Gasteiger partial charge in [0.15, 0.2) is 6.29 Å². The minimum atomic E-state index is -0.220. The lowest BCUT2D eigenvalue weighted by atomic mass is 9.93. The summed E-state index contributed by atoms with van der Waals surface area (Å²) in [5.74, 6) is 1.06. The average molecular weight is 247 g/mol. The van der Waals surface area contributed by atoms with Crippen LogP contribution >= 0.6 is 0 Å². The van der Waals surface area contributed by atoms with Gasteiger partial charge in [0, 0.05) is 31.3 Å². The molecule has 1 aromatic heterocycles. The zero-order valence-electron chi connectivity index (χ0n) is 10.2. The number of aldehydes is 1. The van der Waals surface area contributed by atoms with E-state index in [1.54, 1.807) is 12.3 Å². The minimum Gasteiger partial charge on any atom is -0.370 e. The van der Waals surface area contributed by atoms with Gasteiger partial charge in [0.05, 0.1) is 0 Å². The van der Waals surface area contributed by atoms with Crippen molar-refractivity contribution in [1.82, 2.24) is 4.98 Å². The van der Waals surface area contributed by atoms with Crippen molar-refractivity contribution in [3.8, 4) is 0 Å². The Bertz CT molecular complexity index is 422. The molecule has 0 saturated carbocycles. The largest absolute Gasteiger partial charge is 0.370 e. The summed E-state index contributed by atoms with van der Waals surface area (Å²) in [6.07, 6.45) is 4.76. The first-order chi connectivity index (χ1) is 8.69. The maximum Gasteiger partial charge on any atom is 0.217 e. The molecule has 96 valence electrons. The molecule has 0 radical (unpaired) electrons. The molecular formula is C13H17N3O2. The van der Waals surface area contributed by atoms with E-state index in [2.05, 4.69) is 9.88 Å². The second kappa shape index (κ2) is 5.62. The van der Waals surface area contributed by atoms with Gasteiger partial charge in [-0.2, -0.15) is 0 Å². The van der Waals surface area contributed by atoms with Crippen molar-refractivity contribution < 1.29 is 9.59 Å². The van der Waals surface area contributed by atoms with Crippen molar-refractivity contribution in [3.05, 3.63) is 23.9 Å². The zero-order chi connectivity index (χ0) is 13.0. The molecule has 2 N–H and O–H groups in total. The van der Waals surface area contributed by atoms with Crippen LogP contribution in [0.1, 0.15) is 29.6 Å². The number of piperidine rings is 1. The van der Waals surface area contributed by atoms with E-state index in [1.807, 2.05) is 6.07 Å². The highest BCUT2D eigenvalue weighted by Gasteiger charge is 2.21. The van der Waals surface area contributed by atoms with Crippen molar-refractivity contribution >= 4 is 18.0 Å². The van der Waals surface area contributed by atoms with Crippen LogP contribution in [-0.2, 0) is 4.79 Å². The number of nitrogens with zero attached hydrogens (tertiary/aromatic N) is 2. The van der Waals surface area contributed by atoms with Crippen LogP contribution in [0.15, 0.2) is 18.3 Å². The van der Waals surface area contributed by atoms with Crippen LogP contribution in [-0.4, -0.2) is 30.3 Å². The Labute approximate surface area is 106 Å². The summed E-state index contributed by atoms with van der Waals surface area (Å²) in [7, 11) is 0. The smallest absolute Gasteiger partial charge is 0.217 e. The molecule has 1 fully saturated rings. The number of carbonyl (C=O) groups is 2. The summed E-state index contributed by atoms with van der Waals surface area (Å²) in [4.78, 5) is 27.8. The van der Waals surface area contributed by atoms with Crippen molar-refractivity contribution in [3.63, 3.8) is 0 Å². The number of rotatable bonds is 4. The number of anilines is 1. The summed E-state index contributed by atoms with van der Waals surface area (Å²) >= 11 is 0. The lowest BCUT2D eigenvalue weighted by Crippen LogP contribution is -2.35. The molecule has 1 saturated heterocycles. The molecule has 0 atom stereocenters. The van der Waals surface area contributed by atoms with Crippen molar-refractivity contribution in [1.29, 1.82) is 0 Å². The first-order valence-corrected chi connectivity index (χ1v) is 6.13. The molecule has 0 spiro atoms. The summed E-state index contributed by atoms with van der Waals surface area (Å²) in [6, 6.07) is 3.63. The fourth-order valence-corrected chi connectivity index (χ4v) is 2.30. The highest BCUT2D eigenvalue weighted by Crippen LogP contribution is 2.23. The first-order valence-electron chi connectivity index (χ1n) is 6.13. The van der Waals surface area contributed by atoms with E-state index >= 15 is 0 Å². The minimum absolute atomic E-state index is 0.220. The van der Waals surface area contributed by atoms with E-state index in [-0.39, 0.29) is 5.91 Å². The van der Waals surface area contributed by atoms with Gasteiger partial charge in [-0.05, 0) is 30.9 Å². The van der Waals surface area contributed by atoms with E-state index in [0.29, 0.717) is 17.9 Å². The summed E-state index contributed by atoms with van der Waals surface area (Å²) in [5.41, 5.74) is 5.79. The fourth-order valence-electron chi connectivity index (χ4n) is 2.30. The molecule has 0 aromatic carbocycles. The molecule has 0 aliphatic carbocycles. The SMILES string of the molecule is NC(=O)CC1CCN(c2ccc(C=O)cn2)CC1. The number of primary amides is 1. The number of aromatic nitrogens is 1. The number of nitrogens with two attached hydrogens (primary N) is 1. The van der Waals surface area contributed by atoms with E-state index < -0.39 is 0 Å². The molecule has 18 heavy (non-hydrogen) atoms. The lowest BCUT2D eigenvalue weighted by Gasteiger charge is -2.32.